The van der Waals surface area contributed by atoms with Gasteiger partial charge in [-0.2, -0.15) is 0 Å². The molecule has 1 aromatic rings. The number of hydrogen-bond acceptors (Lipinski definition) is 3. The maximum absolute atomic E-state index is 13.9. The summed E-state index contributed by atoms with van der Waals surface area (Å²) < 4.78 is 0. The fraction of sp³-hybridized carbons (Fsp3) is 0.737. The van der Waals surface area contributed by atoms with E-state index in [0.29, 0.717) is 35.6 Å². The van der Waals surface area contributed by atoms with Crippen molar-refractivity contribution in [2.75, 3.05) is 11.9 Å². The lowest BCUT2D eigenvalue weighted by atomic mass is 9.31. The molecule has 6 unspecified atom stereocenters. The molecular formula is C38H54N2O3. The van der Waals surface area contributed by atoms with Gasteiger partial charge in [0.1, 0.15) is 6.54 Å². The van der Waals surface area contributed by atoms with Gasteiger partial charge in [-0.15, -0.1) is 0 Å². The van der Waals surface area contributed by atoms with Crippen molar-refractivity contribution >= 4 is 17.6 Å². The van der Waals surface area contributed by atoms with Crippen molar-refractivity contribution in [1.82, 2.24) is 5.32 Å². The molecule has 5 aliphatic carbocycles. The van der Waals surface area contributed by atoms with Crippen LogP contribution in [0.4, 0.5) is 5.69 Å². The molecule has 1 heterocycles. The number of benzene rings is 1. The van der Waals surface area contributed by atoms with Gasteiger partial charge in [-0.25, -0.2) is 0 Å². The lowest BCUT2D eigenvalue weighted by Gasteiger charge is -2.73. The number of anilines is 1. The van der Waals surface area contributed by atoms with Gasteiger partial charge < -0.3 is 15.7 Å². The highest BCUT2D eigenvalue weighted by Crippen LogP contribution is 2.78. The quantitative estimate of drug-likeness (QED) is 0.312. The Bertz CT molecular complexity index is 1370. The van der Waals surface area contributed by atoms with Gasteiger partial charge in [0.05, 0.1) is 5.41 Å². The van der Waals surface area contributed by atoms with Gasteiger partial charge in [-0.05, 0) is 128 Å². The fourth-order valence-corrected chi connectivity index (χ4v) is 13.8. The number of allylic oxidation sites excluding steroid dienone is 1. The zero-order chi connectivity index (χ0) is 30.7. The summed E-state index contributed by atoms with van der Waals surface area (Å²) in [6.45, 7) is 19.4. The molecule has 5 heteroatoms. The molecule has 0 aromatic heterocycles. The lowest BCUT2D eigenvalue weighted by Crippen LogP contribution is -2.68. The van der Waals surface area contributed by atoms with E-state index in [-0.39, 0.29) is 40.0 Å². The summed E-state index contributed by atoms with van der Waals surface area (Å²) in [6.07, 6.45) is 9.99. The Balaban J connectivity index is 1.26. The molecule has 0 radical (unpaired) electrons. The SMILES string of the molecule is C=C(C)[C@@H]1CC[C@]2(C(=O)NCC(=O)O)CC[C@]3(C)C(CCC4[C@@]5(C)CC6c7ccccc7NC6C(C)(C)C5CC[C@]43C)C12. The van der Waals surface area contributed by atoms with Gasteiger partial charge >= 0.3 is 5.97 Å². The molecular weight excluding hydrogens is 532 g/mol. The topological polar surface area (TPSA) is 78.4 Å². The van der Waals surface area contributed by atoms with Crippen molar-refractivity contribution in [2.45, 2.75) is 111 Å². The van der Waals surface area contributed by atoms with Crippen LogP contribution in [0.15, 0.2) is 36.4 Å². The van der Waals surface area contributed by atoms with Crippen molar-refractivity contribution in [2.24, 2.45) is 56.7 Å². The number of carbonyl (C=O) groups is 2. The Morgan fingerprint density at radius 3 is 2.42 bits per heavy atom. The normalized spacial score (nSPS) is 47.0. The van der Waals surface area contributed by atoms with Crippen molar-refractivity contribution in [1.29, 1.82) is 0 Å². The average Bonchev–Trinajstić information content (AvgIpc) is 3.52. The molecule has 3 N–H and O–H groups in total. The summed E-state index contributed by atoms with van der Waals surface area (Å²) in [5, 5.41) is 16.2. The second-order valence-electron chi connectivity index (χ2n) is 17.3. The maximum atomic E-state index is 13.9. The van der Waals surface area contributed by atoms with Gasteiger partial charge in [0, 0.05) is 17.6 Å². The van der Waals surface area contributed by atoms with Gasteiger partial charge in [0.15, 0.2) is 0 Å². The summed E-state index contributed by atoms with van der Waals surface area (Å²) in [4.78, 5) is 25.3. The highest BCUT2D eigenvalue weighted by molar-refractivity contribution is 5.86. The van der Waals surface area contributed by atoms with Crippen LogP contribution in [0.2, 0.25) is 0 Å². The van der Waals surface area contributed by atoms with Crippen LogP contribution in [0.1, 0.15) is 111 Å². The Labute approximate surface area is 259 Å². The number of nitrogens with one attached hydrogen (secondary N) is 2. The van der Waals surface area contributed by atoms with Crippen LogP contribution in [0, 0.1) is 56.7 Å². The number of para-hydroxylation sites is 1. The molecule has 1 aromatic carbocycles. The third-order valence-electron chi connectivity index (χ3n) is 15.6. The largest absolute Gasteiger partial charge is 0.480 e. The van der Waals surface area contributed by atoms with Gasteiger partial charge in [-0.3, -0.25) is 9.59 Å². The molecule has 0 spiro atoms. The van der Waals surface area contributed by atoms with E-state index in [0.717, 1.165) is 25.7 Å². The number of fused-ring (bicyclic) bond motifs is 10. The Hall–Kier alpha value is -2.30. The summed E-state index contributed by atoms with van der Waals surface area (Å²) in [7, 11) is 0. The predicted octanol–water partition coefficient (Wildman–Crippen LogP) is 8.03. The molecule has 234 valence electrons. The molecule has 11 atom stereocenters. The van der Waals surface area contributed by atoms with E-state index >= 15 is 0 Å². The first-order valence-corrected chi connectivity index (χ1v) is 17.2. The van der Waals surface area contributed by atoms with E-state index in [1.54, 1.807) is 0 Å². The van der Waals surface area contributed by atoms with E-state index in [2.05, 4.69) is 83.0 Å². The van der Waals surface area contributed by atoms with Crippen molar-refractivity contribution in [3.8, 4) is 0 Å². The molecule has 7 rings (SSSR count). The number of aliphatic carboxylic acids is 1. The van der Waals surface area contributed by atoms with Gasteiger partial charge in [0.2, 0.25) is 5.91 Å². The van der Waals surface area contributed by atoms with Gasteiger partial charge in [-0.1, -0.05) is 65.0 Å². The highest BCUT2D eigenvalue weighted by Gasteiger charge is 2.72. The van der Waals surface area contributed by atoms with Crippen molar-refractivity contribution in [3.63, 3.8) is 0 Å². The second kappa shape index (κ2) is 9.36. The van der Waals surface area contributed by atoms with Crippen LogP contribution in [0.25, 0.3) is 0 Å². The van der Waals surface area contributed by atoms with Crippen LogP contribution in [-0.2, 0) is 9.59 Å². The van der Waals surface area contributed by atoms with Crippen molar-refractivity contribution < 1.29 is 14.7 Å². The van der Waals surface area contributed by atoms with E-state index in [4.69, 9.17) is 0 Å². The second-order valence-corrected chi connectivity index (χ2v) is 17.3. The lowest BCUT2D eigenvalue weighted by molar-refractivity contribution is -0.238. The van der Waals surface area contributed by atoms with E-state index in [1.165, 1.54) is 48.9 Å². The Kier molecular flexibility index (Phi) is 6.40. The first-order valence-electron chi connectivity index (χ1n) is 17.2. The number of carboxylic acids is 1. The summed E-state index contributed by atoms with van der Waals surface area (Å²) in [5.41, 5.74) is 4.44. The number of rotatable bonds is 4. The Morgan fingerprint density at radius 1 is 0.953 bits per heavy atom. The zero-order valence-corrected chi connectivity index (χ0v) is 27.4. The van der Waals surface area contributed by atoms with Gasteiger partial charge in [0.25, 0.3) is 0 Å². The zero-order valence-electron chi connectivity index (χ0n) is 27.4. The molecule has 5 nitrogen and oxygen atoms in total. The van der Waals surface area contributed by atoms with Crippen molar-refractivity contribution in [3.05, 3.63) is 42.0 Å². The van der Waals surface area contributed by atoms with Crippen LogP contribution in [0.3, 0.4) is 0 Å². The standard InChI is InChI=1S/C38H54N2O3/c1-22(2)23-14-17-38(33(43)39-21-30(41)42)19-18-36(6)26(31(23)38)12-13-29-35(5)20-25-24-10-8-9-11-27(24)40-32(25)34(3,4)28(35)15-16-37(29,36)7/h8-11,23,25-26,28-29,31-32,40H,1,12-21H2,2-7H3,(H,39,43)(H,41,42)/t23-,25?,26?,28?,29?,31?,32?,35-,36+,37+,38-/m0/s1. The molecule has 43 heavy (non-hydrogen) atoms. The van der Waals surface area contributed by atoms with Crippen LogP contribution >= 0.6 is 0 Å². The molecule has 0 saturated heterocycles. The number of amides is 1. The Morgan fingerprint density at radius 2 is 1.70 bits per heavy atom. The average molecular weight is 587 g/mol. The third kappa shape index (κ3) is 3.69. The number of hydrogen-bond donors (Lipinski definition) is 3. The van der Waals surface area contributed by atoms with Crippen LogP contribution in [-0.4, -0.2) is 29.6 Å². The summed E-state index contributed by atoms with van der Waals surface area (Å²) in [5.74, 6) is 1.96. The molecule has 6 aliphatic rings. The monoisotopic (exact) mass is 586 g/mol. The first kappa shape index (κ1) is 29.4. The van der Waals surface area contributed by atoms with Crippen LogP contribution < -0.4 is 10.6 Å². The summed E-state index contributed by atoms with van der Waals surface area (Å²) >= 11 is 0. The van der Waals surface area contributed by atoms with E-state index < -0.39 is 11.4 Å². The minimum atomic E-state index is -0.966. The van der Waals surface area contributed by atoms with E-state index in [9.17, 15) is 14.7 Å². The molecule has 0 bridgehead atoms. The minimum absolute atomic E-state index is 0.0129. The third-order valence-corrected chi connectivity index (χ3v) is 15.6. The number of carboxylic acid groups (broad SMARTS) is 1. The summed E-state index contributed by atoms with van der Waals surface area (Å²) in [6, 6.07) is 9.56. The molecule has 1 amide bonds. The minimum Gasteiger partial charge on any atom is -0.480 e. The highest BCUT2D eigenvalue weighted by atomic mass is 16.4. The predicted molar refractivity (Wildman–Crippen MR) is 172 cm³/mol. The fourth-order valence-electron chi connectivity index (χ4n) is 13.8. The van der Waals surface area contributed by atoms with Crippen LogP contribution in [0.5, 0.6) is 0 Å². The molecule has 1 aliphatic heterocycles. The smallest absolute Gasteiger partial charge is 0.322 e. The number of carbonyl (C=O) groups excluding carboxylic acids is 1. The maximum Gasteiger partial charge on any atom is 0.322 e. The molecule has 5 saturated carbocycles. The first-order chi connectivity index (χ1) is 20.2. The molecule has 5 fully saturated rings. The van der Waals surface area contributed by atoms with E-state index in [1.807, 2.05) is 0 Å².